The average Bonchev–Trinajstić information content (AvgIpc) is 1.58. The van der Waals surface area contributed by atoms with E-state index in [4.69, 9.17) is 56.4 Å². The molecule has 0 bridgehead atoms. The molecular weight excluding hydrogens is 1340 g/mol. The molecule has 108 heavy (non-hydrogen) atoms. The molecule has 0 aliphatic rings. The monoisotopic (exact) mass is 1390 g/mol. The summed E-state index contributed by atoms with van der Waals surface area (Å²) in [5.74, 6) is 3.30. The Bertz CT molecular complexity index is 7520. The van der Waals surface area contributed by atoms with Crippen LogP contribution in [0.1, 0.15) is 0 Å². The van der Waals surface area contributed by atoms with Crippen LogP contribution in [0.3, 0.4) is 0 Å². The van der Waals surface area contributed by atoms with Crippen LogP contribution in [0, 0.1) is 0 Å². The van der Waals surface area contributed by atoms with Crippen molar-refractivity contribution in [3.63, 3.8) is 0 Å². The van der Waals surface area contributed by atoms with Gasteiger partial charge in [-0.25, -0.2) is 29.9 Å². The number of hydrogen-bond acceptors (Lipinski definition) is 12. The summed E-state index contributed by atoms with van der Waals surface area (Å²) in [6.45, 7) is 0. The number of para-hydroxylation sites is 6. The molecule has 14 nitrogen and oxygen atoms in total. The van der Waals surface area contributed by atoms with Gasteiger partial charge in [-0.2, -0.15) is 0 Å². The van der Waals surface area contributed by atoms with Crippen LogP contribution in [-0.2, 0) is 0 Å². The zero-order valence-corrected chi connectivity index (χ0v) is 57.0. The van der Waals surface area contributed by atoms with Gasteiger partial charge in [0, 0.05) is 66.3 Å². The second-order valence-electron chi connectivity index (χ2n) is 27.4. The topological polar surface area (TPSA) is 166 Å². The molecule has 14 heteroatoms. The molecule has 0 unspecified atom stereocenters. The molecule has 0 radical (unpaired) electrons. The molecule has 8 aromatic heterocycles. The molecule has 0 saturated carbocycles. The first-order valence-electron chi connectivity index (χ1n) is 35.7. The predicted octanol–water partition coefficient (Wildman–Crippen LogP) is 24.9. The minimum absolute atomic E-state index is 0.523. The number of aromatic nitrogens is 8. The second-order valence-corrected chi connectivity index (χ2v) is 27.4. The summed E-state index contributed by atoms with van der Waals surface area (Å²) in [5, 5.41) is 6.19. The summed E-state index contributed by atoms with van der Waals surface area (Å²) in [6, 6.07) is 108. The van der Waals surface area contributed by atoms with E-state index in [0.717, 1.165) is 188 Å². The van der Waals surface area contributed by atoms with Gasteiger partial charge in [0.25, 0.3) is 0 Å². The fourth-order valence-corrected chi connectivity index (χ4v) is 15.5. The third-order valence-electron chi connectivity index (χ3n) is 20.9. The van der Waals surface area contributed by atoms with Crippen molar-refractivity contribution >= 4 is 121 Å². The summed E-state index contributed by atoms with van der Waals surface area (Å²) in [7, 11) is 0. The van der Waals surface area contributed by atoms with E-state index < -0.39 is 0 Å². The van der Waals surface area contributed by atoms with Gasteiger partial charge in [0.05, 0.1) is 22.1 Å². The number of nitrogens with zero attached hydrogens (tertiary/aromatic N) is 8. The Morgan fingerprint density at radius 3 is 0.880 bits per heavy atom. The predicted molar refractivity (Wildman–Crippen MR) is 427 cm³/mol. The molecule has 504 valence electrons. The Morgan fingerprint density at radius 1 is 0.176 bits per heavy atom. The molecular formula is C94H52N8O6. The summed E-state index contributed by atoms with van der Waals surface area (Å²) >= 11 is 0. The highest BCUT2D eigenvalue weighted by atomic mass is 16.4. The van der Waals surface area contributed by atoms with E-state index in [1.807, 2.05) is 103 Å². The number of oxazole rings is 6. The van der Waals surface area contributed by atoms with Gasteiger partial charge in [-0.05, 0) is 244 Å². The number of benzene rings is 15. The summed E-state index contributed by atoms with van der Waals surface area (Å²) < 4.78 is 43.1. The number of hydrogen-bond donors (Lipinski definition) is 0. The molecule has 0 aliphatic heterocycles. The lowest BCUT2D eigenvalue weighted by Gasteiger charge is -2.09. The molecule has 0 fully saturated rings. The van der Waals surface area contributed by atoms with Crippen LogP contribution >= 0.6 is 0 Å². The van der Waals surface area contributed by atoms with Crippen molar-refractivity contribution < 1.29 is 26.5 Å². The van der Waals surface area contributed by atoms with E-state index in [1.54, 1.807) is 0 Å². The average molecular weight is 1390 g/mol. The van der Waals surface area contributed by atoms with Crippen molar-refractivity contribution in [2.45, 2.75) is 0 Å². The minimum atomic E-state index is 0.523. The van der Waals surface area contributed by atoms with Crippen LogP contribution in [0.5, 0.6) is 0 Å². The molecule has 8 heterocycles. The summed E-state index contributed by atoms with van der Waals surface area (Å²) in [4.78, 5) is 29.6. The first-order chi connectivity index (χ1) is 53.4. The Hall–Kier alpha value is -15.0. The standard InChI is InChI=1S/C94H52N8O6/c1-2-10-53(11-3-1)59-28-38-76-86(50-59)106-92(98-76)63-31-41-80-70(46-63)71-47-64(32-42-81(71)102(80)68-36-26-57(27-37-68)90-96-74-13-5-8-16-84(74)104-90)93-99-77-39-29-60(51-87(77)107-93)55-20-18-54(19-21-55)58-22-23-61-52-88-78(49-66(61)44-58)100-94(108-88)65-33-43-82-72(48-65)69-45-62(91-97-75-14-6-9-17-85(75)105-91)30-40-79(69)101(82)67-34-24-56(25-35-67)89-95-73-12-4-7-15-83(73)103-89/h1-52H. The first kappa shape index (κ1) is 59.5. The fraction of sp³-hybridized carbons (Fsp3) is 0. The maximum Gasteiger partial charge on any atom is 0.227 e. The SMILES string of the molecule is c1ccc(-c2ccc3nc(-c4ccc5c(c4)c4cc(-c6nc7ccc(-c8ccc(-c9ccc%10cc%11oc(-c%12ccc%13c(c%12)c%12cc(-c%14nc%15ccccc%15o%14)ccc%12n%13-c%12ccc(-c%13nc%14ccccc%14o%13)cc%12)nc%11cc%10c9)cc8)cc7o6)ccc4n5-c4ccc(-c5nc6ccccc6o5)cc4)oc3c2)cc1. The van der Waals surface area contributed by atoms with Gasteiger partial charge in [-0.3, -0.25) is 0 Å². The molecule has 23 rings (SSSR count). The zero-order chi connectivity index (χ0) is 70.7. The maximum atomic E-state index is 6.72. The van der Waals surface area contributed by atoms with Crippen molar-refractivity contribution in [2.75, 3.05) is 0 Å². The van der Waals surface area contributed by atoms with Crippen molar-refractivity contribution in [3.05, 3.63) is 315 Å². The van der Waals surface area contributed by atoms with Gasteiger partial charge in [0.15, 0.2) is 33.5 Å². The van der Waals surface area contributed by atoms with Gasteiger partial charge < -0.3 is 35.6 Å². The van der Waals surface area contributed by atoms with Crippen LogP contribution in [0.25, 0.3) is 234 Å². The third kappa shape index (κ3) is 9.74. The van der Waals surface area contributed by atoms with E-state index in [0.29, 0.717) is 46.5 Å². The lowest BCUT2D eigenvalue weighted by atomic mass is 9.98. The van der Waals surface area contributed by atoms with Crippen molar-refractivity contribution in [2.24, 2.45) is 0 Å². The van der Waals surface area contributed by atoms with Crippen LogP contribution < -0.4 is 0 Å². The van der Waals surface area contributed by atoms with E-state index in [1.165, 1.54) is 0 Å². The van der Waals surface area contributed by atoms with Gasteiger partial charge >= 0.3 is 0 Å². The van der Waals surface area contributed by atoms with Gasteiger partial charge in [0.1, 0.15) is 33.1 Å². The first-order valence-corrected chi connectivity index (χ1v) is 35.7. The van der Waals surface area contributed by atoms with Gasteiger partial charge in [-0.15, -0.1) is 0 Å². The molecule has 0 aliphatic carbocycles. The largest absolute Gasteiger partial charge is 0.436 e. The quantitative estimate of drug-likeness (QED) is 0.120. The number of fused-ring (bicyclic) bond motifs is 13. The van der Waals surface area contributed by atoms with Crippen molar-refractivity contribution in [1.29, 1.82) is 0 Å². The van der Waals surface area contributed by atoms with Gasteiger partial charge in [-0.1, -0.05) is 115 Å². The van der Waals surface area contributed by atoms with Crippen LogP contribution in [0.15, 0.2) is 342 Å². The second kappa shape index (κ2) is 23.2. The molecule has 0 saturated heterocycles. The Balaban J connectivity index is 0.545. The summed E-state index contributed by atoms with van der Waals surface area (Å²) in [6.07, 6.45) is 0. The van der Waals surface area contributed by atoms with Crippen molar-refractivity contribution in [1.82, 2.24) is 39.0 Å². The molecule has 0 amide bonds. The molecule has 0 N–H and O–H groups in total. The molecule has 15 aromatic carbocycles. The lowest BCUT2D eigenvalue weighted by molar-refractivity contribution is 0.619. The molecule has 0 atom stereocenters. The van der Waals surface area contributed by atoms with Crippen LogP contribution in [0.2, 0.25) is 0 Å². The van der Waals surface area contributed by atoms with Crippen LogP contribution in [-0.4, -0.2) is 39.0 Å². The van der Waals surface area contributed by atoms with E-state index >= 15 is 0 Å². The highest BCUT2D eigenvalue weighted by Gasteiger charge is 2.23. The maximum absolute atomic E-state index is 6.72. The van der Waals surface area contributed by atoms with E-state index in [-0.39, 0.29) is 0 Å². The van der Waals surface area contributed by atoms with E-state index in [9.17, 15) is 0 Å². The Labute approximate surface area is 611 Å². The van der Waals surface area contributed by atoms with Gasteiger partial charge in [0.2, 0.25) is 35.3 Å². The zero-order valence-electron chi connectivity index (χ0n) is 57.0. The fourth-order valence-electron chi connectivity index (χ4n) is 15.5. The highest BCUT2D eigenvalue weighted by molar-refractivity contribution is 6.13. The lowest BCUT2D eigenvalue weighted by Crippen LogP contribution is -1.94. The highest BCUT2D eigenvalue weighted by Crippen LogP contribution is 2.43. The normalized spacial score (nSPS) is 12.1. The van der Waals surface area contributed by atoms with Crippen molar-refractivity contribution in [3.8, 4) is 113 Å². The number of rotatable bonds is 11. The third-order valence-corrected chi connectivity index (χ3v) is 20.9. The Kier molecular flexibility index (Phi) is 12.8. The summed E-state index contributed by atoms with van der Waals surface area (Å²) in [5.41, 5.74) is 26.8. The van der Waals surface area contributed by atoms with E-state index in [2.05, 4.69) is 221 Å². The van der Waals surface area contributed by atoms with Crippen LogP contribution in [0.4, 0.5) is 0 Å². The Morgan fingerprint density at radius 2 is 0.472 bits per heavy atom. The molecule has 23 aromatic rings. The minimum Gasteiger partial charge on any atom is -0.436 e. The smallest absolute Gasteiger partial charge is 0.227 e. The molecule has 0 spiro atoms.